The lowest BCUT2D eigenvalue weighted by molar-refractivity contribution is -0.103. The number of rotatable bonds is 1. The van der Waals surface area contributed by atoms with Crippen LogP contribution in [0.25, 0.3) is 0 Å². The maximum absolute atomic E-state index is 11.9. The van der Waals surface area contributed by atoms with Crippen molar-refractivity contribution in [2.75, 3.05) is 13.1 Å². The van der Waals surface area contributed by atoms with Gasteiger partial charge in [0.25, 0.3) is 0 Å². The lowest BCUT2D eigenvalue weighted by Crippen LogP contribution is -2.61. The van der Waals surface area contributed by atoms with Crippen molar-refractivity contribution in [2.45, 2.75) is 45.8 Å². The molecule has 1 aromatic rings. The van der Waals surface area contributed by atoms with Crippen LogP contribution in [0.5, 0.6) is 0 Å². The van der Waals surface area contributed by atoms with Crippen molar-refractivity contribution >= 4 is 6.09 Å². The van der Waals surface area contributed by atoms with E-state index >= 15 is 0 Å². The lowest BCUT2D eigenvalue weighted by atomic mass is 9.85. The fraction of sp³-hybridized carbons (Fsp3) is 0.562. The van der Waals surface area contributed by atoms with Gasteiger partial charge in [-0.05, 0) is 51.3 Å². The lowest BCUT2D eigenvalue weighted by Gasteiger charge is -2.46. The molecular weight excluding hydrogens is 254 g/mol. The number of hydrogen-bond donors (Lipinski definition) is 1. The molecule has 1 amide bonds. The average Bonchev–Trinajstić information content (AvgIpc) is 2.26. The molecule has 1 saturated heterocycles. The minimum atomic E-state index is -0.949. The second kappa shape index (κ2) is 4.77. The summed E-state index contributed by atoms with van der Waals surface area (Å²) in [6.07, 6.45) is -0.369. The van der Waals surface area contributed by atoms with Crippen LogP contribution in [-0.4, -0.2) is 34.8 Å². The number of ether oxygens (including phenoxy) is 1. The summed E-state index contributed by atoms with van der Waals surface area (Å²) in [6, 6.07) is 5.91. The van der Waals surface area contributed by atoms with E-state index in [0.29, 0.717) is 0 Å². The van der Waals surface area contributed by atoms with Crippen molar-refractivity contribution in [3.05, 3.63) is 34.9 Å². The molecule has 0 aliphatic carbocycles. The molecule has 0 saturated carbocycles. The van der Waals surface area contributed by atoms with E-state index in [4.69, 9.17) is 4.74 Å². The maximum Gasteiger partial charge on any atom is 0.410 e. The third kappa shape index (κ3) is 2.96. The Morgan fingerprint density at radius 2 is 1.85 bits per heavy atom. The summed E-state index contributed by atoms with van der Waals surface area (Å²) in [5, 5.41) is 10.6. The molecule has 1 fully saturated rings. The third-order valence-corrected chi connectivity index (χ3v) is 3.60. The number of β-amino-alcohol motifs (C(OH)–C–C–N with tert-alkyl or cyclic N) is 1. The molecule has 0 bridgehead atoms. The Balaban J connectivity index is 2.03. The number of amides is 1. The van der Waals surface area contributed by atoms with Crippen molar-refractivity contribution < 1.29 is 14.6 Å². The highest BCUT2D eigenvalue weighted by Crippen LogP contribution is 2.33. The van der Waals surface area contributed by atoms with E-state index < -0.39 is 11.2 Å². The van der Waals surface area contributed by atoms with E-state index in [2.05, 4.69) is 0 Å². The van der Waals surface area contributed by atoms with E-state index in [1.807, 2.05) is 52.8 Å². The summed E-state index contributed by atoms with van der Waals surface area (Å²) in [4.78, 5) is 13.4. The molecule has 4 nitrogen and oxygen atoms in total. The summed E-state index contributed by atoms with van der Waals surface area (Å²) >= 11 is 0. The molecule has 2 rings (SSSR count). The largest absolute Gasteiger partial charge is 0.444 e. The van der Waals surface area contributed by atoms with Crippen LogP contribution in [0, 0.1) is 13.8 Å². The van der Waals surface area contributed by atoms with Crippen LogP contribution < -0.4 is 0 Å². The number of carbonyl (C=O) groups is 1. The molecular formula is C16H23NO3. The molecule has 0 spiro atoms. The average molecular weight is 277 g/mol. The standard InChI is InChI=1S/C16H23NO3/c1-11-6-7-13(8-12(11)2)16(19)9-17(10-16)14(18)20-15(3,4)5/h6-8,19H,9-10H2,1-5H3. The predicted molar refractivity (Wildman–Crippen MR) is 77.6 cm³/mol. The first kappa shape index (κ1) is 14.9. The summed E-state index contributed by atoms with van der Waals surface area (Å²) in [7, 11) is 0. The van der Waals surface area contributed by atoms with Gasteiger partial charge in [0.1, 0.15) is 11.2 Å². The van der Waals surface area contributed by atoms with Gasteiger partial charge in [-0.25, -0.2) is 4.79 Å². The molecule has 20 heavy (non-hydrogen) atoms. The van der Waals surface area contributed by atoms with E-state index in [9.17, 15) is 9.90 Å². The maximum atomic E-state index is 11.9. The van der Waals surface area contributed by atoms with Crippen molar-refractivity contribution in [3.63, 3.8) is 0 Å². The zero-order valence-electron chi connectivity index (χ0n) is 12.9. The third-order valence-electron chi connectivity index (χ3n) is 3.60. The summed E-state index contributed by atoms with van der Waals surface area (Å²) in [5.74, 6) is 0. The molecule has 1 N–H and O–H groups in total. The van der Waals surface area contributed by atoms with Gasteiger partial charge in [-0.15, -0.1) is 0 Å². The van der Waals surface area contributed by atoms with Gasteiger partial charge in [0, 0.05) is 0 Å². The van der Waals surface area contributed by atoms with Gasteiger partial charge < -0.3 is 14.7 Å². The summed E-state index contributed by atoms with van der Waals surface area (Å²) < 4.78 is 5.29. The van der Waals surface area contributed by atoms with E-state index in [1.165, 1.54) is 10.5 Å². The molecule has 0 atom stereocenters. The fourth-order valence-electron chi connectivity index (χ4n) is 2.25. The summed E-state index contributed by atoms with van der Waals surface area (Å²) in [5.41, 5.74) is 1.74. The second-order valence-electron chi connectivity index (χ2n) is 6.67. The quantitative estimate of drug-likeness (QED) is 0.858. The molecule has 0 aromatic heterocycles. The first-order valence-corrected chi connectivity index (χ1v) is 6.89. The Labute approximate surface area is 120 Å². The van der Waals surface area contributed by atoms with Crippen LogP contribution >= 0.6 is 0 Å². The first-order chi connectivity index (χ1) is 9.11. The number of likely N-dealkylation sites (tertiary alicyclic amines) is 1. The first-order valence-electron chi connectivity index (χ1n) is 6.89. The number of aryl methyl sites for hydroxylation is 2. The van der Waals surface area contributed by atoms with Crippen LogP contribution in [0.3, 0.4) is 0 Å². The van der Waals surface area contributed by atoms with E-state index in [0.717, 1.165) is 11.1 Å². The zero-order valence-corrected chi connectivity index (χ0v) is 12.9. The van der Waals surface area contributed by atoms with Crippen molar-refractivity contribution in [1.82, 2.24) is 4.90 Å². The number of nitrogens with zero attached hydrogens (tertiary/aromatic N) is 1. The number of aliphatic hydroxyl groups is 1. The Hall–Kier alpha value is -1.55. The van der Waals surface area contributed by atoms with Crippen LogP contribution in [0.4, 0.5) is 4.79 Å². The minimum Gasteiger partial charge on any atom is -0.444 e. The molecule has 1 aromatic carbocycles. The van der Waals surface area contributed by atoms with Crippen LogP contribution in [0.1, 0.15) is 37.5 Å². The van der Waals surface area contributed by atoms with Gasteiger partial charge in [-0.3, -0.25) is 0 Å². The van der Waals surface area contributed by atoms with E-state index in [-0.39, 0.29) is 19.2 Å². The Kier molecular flexibility index (Phi) is 3.54. The number of benzene rings is 1. The number of hydrogen-bond acceptors (Lipinski definition) is 3. The molecule has 0 radical (unpaired) electrons. The Morgan fingerprint density at radius 1 is 1.25 bits per heavy atom. The van der Waals surface area contributed by atoms with Crippen molar-refractivity contribution in [1.29, 1.82) is 0 Å². The highest BCUT2D eigenvalue weighted by atomic mass is 16.6. The predicted octanol–water partition coefficient (Wildman–Crippen LogP) is 2.74. The molecule has 1 heterocycles. The van der Waals surface area contributed by atoms with Gasteiger partial charge in [0.2, 0.25) is 0 Å². The van der Waals surface area contributed by atoms with Crippen LogP contribution in [0.15, 0.2) is 18.2 Å². The molecule has 4 heteroatoms. The van der Waals surface area contributed by atoms with Gasteiger partial charge in [-0.1, -0.05) is 18.2 Å². The zero-order chi connectivity index (χ0) is 15.1. The second-order valence-corrected chi connectivity index (χ2v) is 6.67. The SMILES string of the molecule is Cc1ccc(C2(O)CN(C(=O)OC(C)(C)C)C2)cc1C. The molecule has 110 valence electrons. The monoisotopic (exact) mass is 277 g/mol. The highest BCUT2D eigenvalue weighted by Gasteiger charge is 2.46. The molecule has 0 unspecified atom stereocenters. The van der Waals surface area contributed by atoms with Crippen LogP contribution in [-0.2, 0) is 10.3 Å². The van der Waals surface area contributed by atoms with Gasteiger partial charge in [0.15, 0.2) is 0 Å². The van der Waals surface area contributed by atoms with Crippen molar-refractivity contribution in [2.24, 2.45) is 0 Å². The minimum absolute atomic E-state index is 0.282. The van der Waals surface area contributed by atoms with Crippen LogP contribution in [0.2, 0.25) is 0 Å². The Bertz CT molecular complexity index is 525. The van der Waals surface area contributed by atoms with E-state index in [1.54, 1.807) is 0 Å². The van der Waals surface area contributed by atoms with Gasteiger partial charge in [-0.2, -0.15) is 0 Å². The highest BCUT2D eigenvalue weighted by molar-refractivity contribution is 5.70. The van der Waals surface area contributed by atoms with Gasteiger partial charge in [0.05, 0.1) is 13.1 Å². The van der Waals surface area contributed by atoms with Crippen molar-refractivity contribution in [3.8, 4) is 0 Å². The summed E-state index contributed by atoms with van der Waals surface area (Å²) in [6.45, 7) is 10.1. The molecule has 1 aliphatic heterocycles. The van der Waals surface area contributed by atoms with Gasteiger partial charge >= 0.3 is 6.09 Å². The fourth-order valence-corrected chi connectivity index (χ4v) is 2.25. The number of carbonyl (C=O) groups excluding carboxylic acids is 1. The smallest absolute Gasteiger partial charge is 0.410 e. The normalized spacial score (nSPS) is 17.6. The topological polar surface area (TPSA) is 49.8 Å². The Morgan fingerprint density at radius 3 is 2.35 bits per heavy atom. The molecule has 1 aliphatic rings.